The van der Waals surface area contributed by atoms with Gasteiger partial charge in [-0.1, -0.05) is 25.0 Å². The number of hydrogen-bond donors (Lipinski definition) is 3. The normalized spacial score (nSPS) is 23.1. The minimum absolute atomic E-state index is 0.0374. The van der Waals surface area contributed by atoms with Gasteiger partial charge < -0.3 is 20.5 Å². The van der Waals surface area contributed by atoms with Crippen molar-refractivity contribution in [2.45, 2.75) is 44.6 Å². The summed E-state index contributed by atoms with van der Waals surface area (Å²) >= 11 is 0. The zero-order valence-electron chi connectivity index (χ0n) is 17.8. The molecule has 0 spiro atoms. The maximum Gasteiger partial charge on any atom is 0.407 e. The van der Waals surface area contributed by atoms with Gasteiger partial charge in [-0.05, 0) is 49.6 Å². The molecule has 2 unspecified atom stereocenters. The molecule has 2 amide bonds. The lowest BCUT2D eigenvalue weighted by Crippen LogP contribution is -2.33. The number of fused-ring (bicyclic) bond motifs is 1. The summed E-state index contributed by atoms with van der Waals surface area (Å²) < 4.78 is 5.56. The Bertz CT molecular complexity index is 925. The number of alkyl carbamates (subject to hydrolysis) is 1. The van der Waals surface area contributed by atoms with E-state index in [2.05, 4.69) is 20.9 Å². The number of carbonyl (C=O) groups is 3. The fraction of sp³-hybridized carbons (Fsp3) is 0.435. The van der Waals surface area contributed by atoms with Crippen molar-refractivity contribution in [2.75, 3.05) is 13.1 Å². The van der Waals surface area contributed by atoms with E-state index in [0.717, 1.165) is 25.7 Å². The first-order valence-corrected chi connectivity index (χ1v) is 10.9. The summed E-state index contributed by atoms with van der Waals surface area (Å²) in [5.41, 5.74) is 0.808. The molecule has 3 N–H and O–H groups in total. The first-order valence-electron chi connectivity index (χ1n) is 10.9. The third-order valence-electron chi connectivity index (χ3n) is 5.31. The van der Waals surface area contributed by atoms with Crippen molar-refractivity contribution < 1.29 is 24.2 Å². The van der Waals surface area contributed by atoms with Crippen LogP contribution in [0.25, 0.3) is 0 Å². The van der Waals surface area contributed by atoms with E-state index < -0.39 is 18.2 Å². The molecule has 3 rings (SSSR count). The molecule has 32 heavy (non-hydrogen) atoms. The molecule has 1 heterocycles. The number of nitrogens with zero attached hydrogens (tertiary/aromatic N) is 2. The van der Waals surface area contributed by atoms with Gasteiger partial charge in [0.25, 0.3) is 0 Å². The van der Waals surface area contributed by atoms with E-state index in [9.17, 15) is 19.5 Å². The van der Waals surface area contributed by atoms with Crippen LogP contribution in [0.5, 0.6) is 0 Å². The average molecular weight is 441 g/mol. The lowest BCUT2D eigenvalue weighted by atomic mass is 9.91. The Balaban J connectivity index is 1.74. The first kappa shape index (κ1) is 23.2. The molecule has 0 radical (unpaired) electrons. The highest BCUT2D eigenvalue weighted by molar-refractivity contribution is 5.93. The number of amides is 2. The van der Waals surface area contributed by atoms with Crippen LogP contribution in [0.3, 0.4) is 0 Å². The van der Waals surface area contributed by atoms with Crippen molar-refractivity contribution in [3.63, 3.8) is 0 Å². The van der Waals surface area contributed by atoms with Crippen molar-refractivity contribution in [3.8, 4) is 0 Å². The number of carboxylic acids is 1. The van der Waals surface area contributed by atoms with E-state index >= 15 is 0 Å². The molecule has 2 aliphatic rings. The number of nitrogens with one attached hydrogen (secondary N) is 2. The highest BCUT2D eigenvalue weighted by Gasteiger charge is 2.25. The van der Waals surface area contributed by atoms with Gasteiger partial charge in [-0.2, -0.15) is 5.11 Å². The predicted molar refractivity (Wildman–Crippen MR) is 118 cm³/mol. The van der Waals surface area contributed by atoms with Crippen LogP contribution in [0.1, 0.15) is 48.9 Å². The second-order valence-electron chi connectivity index (χ2n) is 7.74. The quantitative estimate of drug-likeness (QED) is 0.609. The smallest absolute Gasteiger partial charge is 0.407 e. The number of allylic oxidation sites excluding steroid dienone is 1. The number of rotatable bonds is 3. The summed E-state index contributed by atoms with van der Waals surface area (Å²) in [6.45, 7) is 1.19. The Morgan fingerprint density at radius 1 is 1.03 bits per heavy atom. The van der Waals surface area contributed by atoms with Gasteiger partial charge in [0, 0.05) is 25.4 Å². The van der Waals surface area contributed by atoms with Crippen molar-refractivity contribution in [1.82, 2.24) is 10.6 Å². The molecule has 1 fully saturated rings. The fourth-order valence-corrected chi connectivity index (χ4v) is 3.57. The van der Waals surface area contributed by atoms with Crippen LogP contribution in [0.4, 0.5) is 10.5 Å². The molecule has 1 aliphatic heterocycles. The summed E-state index contributed by atoms with van der Waals surface area (Å²) in [5, 5.41) is 23.2. The molecule has 2 atom stereocenters. The monoisotopic (exact) mass is 440 g/mol. The van der Waals surface area contributed by atoms with Gasteiger partial charge in [0.2, 0.25) is 5.91 Å². The lowest BCUT2D eigenvalue weighted by molar-refractivity contribution is -0.121. The maximum atomic E-state index is 12.2. The molecular formula is C23H28N4O5. The van der Waals surface area contributed by atoms with Crippen LogP contribution in [0, 0.1) is 5.92 Å². The van der Waals surface area contributed by atoms with Crippen LogP contribution in [-0.4, -0.2) is 42.3 Å². The molecule has 1 aromatic rings. The number of aromatic carboxylic acids is 1. The minimum atomic E-state index is -1.08. The molecule has 1 saturated heterocycles. The van der Waals surface area contributed by atoms with Gasteiger partial charge in [0.05, 0.1) is 11.3 Å². The molecule has 0 saturated carbocycles. The fourth-order valence-electron chi connectivity index (χ4n) is 3.57. The van der Waals surface area contributed by atoms with Crippen molar-refractivity contribution in [1.29, 1.82) is 0 Å². The van der Waals surface area contributed by atoms with E-state index in [1.165, 1.54) is 6.07 Å². The molecule has 1 aromatic carbocycles. The number of ether oxygens (including phenoxy) is 1. The third-order valence-corrected chi connectivity index (χ3v) is 5.31. The Kier molecular flexibility index (Phi) is 8.53. The van der Waals surface area contributed by atoms with E-state index in [1.54, 1.807) is 36.4 Å². The van der Waals surface area contributed by atoms with E-state index in [1.807, 2.05) is 0 Å². The van der Waals surface area contributed by atoms with E-state index in [-0.39, 0.29) is 23.1 Å². The summed E-state index contributed by atoms with van der Waals surface area (Å²) in [7, 11) is 0. The van der Waals surface area contributed by atoms with Crippen molar-refractivity contribution in [2.24, 2.45) is 16.1 Å². The Morgan fingerprint density at radius 3 is 2.56 bits per heavy atom. The topological polar surface area (TPSA) is 129 Å². The summed E-state index contributed by atoms with van der Waals surface area (Å²) in [6, 6.07) is 6.34. The van der Waals surface area contributed by atoms with Gasteiger partial charge in [-0.25, -0.2) is 9.59 Å². The van der Waals surface area contributed by atoms with Gasteiger partial charge in [-0.15, -0.1) is 5.11 Å². The molecule has 170 valence electrons. The number of hydrogen-bond acceptors (Lipinski definition) is 6. The summed E-state index contributed by atoms with van der Waals surface area (Å²) in [5.74, 6) is -1.38. The molecule has 0 aromatic heterocycles. The molecule has 0 bridgehead atoms. The zero-order valence-corrected chi connectivity index (χ0v) is 17.8. The summed E-state index contributed by atoms with van der Waals surface area (Å²) in [4.78, 5) is 35.7. The van der Waals surface area contributed by atoms with Gasteiger partial charge in [-0.3, -0.25) is 4.79 Å². The van der Waals surface area contributed by atoms with Crippen molar-refractivity contribution in [3.05, 3.63) is 53.8 Å². The average Bonchev–Trinajstić information content (AvgIpc) is 2.79. The zero-order chi connectivity index (χ0) is 22.8. The molecular weight excluding hydrogens is 412 g/mol. The first-order chi connectivity index (χ1) is 15.5. The van der Waals surface area contributed by atoms with Crippen LogP contribution in [0.2, 0.25) is 0 Å². The second kappa shape index (κ2) is 11.8. The van der Waals surface area contributed by atoms with Crippen LogP contribution in [0.15, 0.2) is 58.4 Å². The minimum Gasteiger partial charge on any atom is -0.478 e. The van der Waals surface area contributed by atoms with Gasteiger partial charge in [0.1, 0.15) is 11.8 Å². The van der Waals surface area contributed by atoms with Crippen LogP contribution >= 0.6 is 0 Å². The third kappa shape index (κ3) is 7.04. The molecule has 1 aliphatic carbocycles. The second-order valence-corrected chi connectivity index (χ2v) is 7.74. The van der Waals surface area contributed by atoms with Crippen molar-refractivity contribution >= 4 is 23.7 Å². The number of carbonyl (C=O) groups excluding carboxylic acids is 2. The highest BCUT2D eigenvalue weighted by Crippen LogP contribution is 2.27. The van der Waals surface area contributed by atoms with E-state index in [4.69, 9.17) is 4.74 Å². The number of benzene rings is 1. The molecule has 9 nitrogen and oxygen atoms in total. The Labute approximate surface area is 186 Å². The van der Waals surface area contributed by atoms with Gasteiger partial charge >= 0.3 is 12.1 Å². The number of azo groups is 1. The Morgan fingerprint density at radius 2 is 1.78 bits per heavy atom. The molecule has 9 heteroatoms. The van der Waals surface area contributed by atoms with Gasteiger partial charge in [0.15, 0.2) is 0 Å². The maximum absolute atomic E-state index is 12.2. The number of carboxylic acid groups (broad SMARTS) is 1. The SMILES string of the molecule is O=C1CCC2C=C(N=Nc3ccccc3C(=O)O)C=CC2OC(=O)NCCCCCCN1. The largest absolute Gasteiger partial charge is 0.478 e. The Hall–Kier alpha value is -3.49. The predicted octanol–water partition coefficient (Wildman–Crippen LogP) is 4.10. The summed E-state index contributed by atoms with van der Waals surface area (Å²) in [6.07, 6.45) is 8.68. The highest BCUT2D eigenvalue weighted by atomic mass is 16.6. The van der Waals surface area contributed by atoms with Crippen LogP contribution < -0.4 is 10.6 Å². The lowest BCUT2D eigenvalue weighted by Gasteiger charge is -2.25. The van der Waals surface area contributed by atoms with E-state index in [0.29, 0.717) is 31.6 Å². The van der Waals surface area contributed by atoms with Crippen LogP contribution in [-0.2, 0) is 9.53 Å². The standard InChI is InChI=1S/C23H28N4O5/c28-21-12-9-16-15-17(26-27-19-8-4-3-7-18(19)22(29)30)10-11-20(16)32-23(31)25-14-6-2-1-5-13-24-21/h3-4,7-8,10-11,15-16,20H,1-2,5-6,9,12-14H2,(H,24,28)(H,25,31)(H,29,30).